The SMILES string of the molecule is Cc1ccc(NS(=O)(=O)c2ccc(-c3n[nH]c(C)c3C)o2)cc1. The molecule has 3 rings (SSSR count). The summed E-state index contributed by atoms with van der Waals surface area (Å²) in [7, 11) is -3.77. The molecule has 0 atom stereocenters. The second kappa shape index (κ2) is 5.58. The highest BCUT2D eigenvalue weighted by Crippen LogP contribution is 2.27. The largest absolute Gasteiger partial charge is 0.441 e. The molecule has 3 aromatic rings. The average molecular weight is 331 g/mol. The number of aromatic amines is 1. The summed E-state index contributed by atoms with van der Waals surface area (Å²) in [6, 6.07) is 10.1. The van der Waals surface area contributed by atoms with Gasteiger partial charge in [0.25, 0.3) is 10.0 Å². The summed E-state index contributed by atoms with van der Waals surface area (Å²) in [6.07, 6.45) is 0. The molecule has 2 aromatic heterocycles. The molecule has 1 aromatic carbocycles. The third-order valence-corrected chi connectivity index (χ3v) is 4.89. The fourth-order valence-corrected chi connectivity index (χ4v) is 3.14. The van der Waals surface area contributed by atoms with Crippen LogP contribution in [-0.2, 0) is 10.0 Å². The summed E-state index contributed by atoms with van der Waals surface area (Å²) in [6.45, 7) is 5.73. The van der Waals surface area contributed by atoms with Crippen LogP contribution < -0.4 is 4.72 Å². The van der Waals surface area contributed by atoms with Crippen molar-refractivity contribution in [1.29, 1.82) is 0 Å². The number of furan rings is 1. The summed E-state index contributed by atoms with van der Waals surface area (Å²) in [5, 5.41) is 6.85. The number of hydrogen-bond donors (Lipinski definition) is 2. The number of nitrogens with zero attached hydrogens (tertiary/aromatic N) is 1. The Morgan fingerprint density at radius 3 is 2.35 bits per heavy atom. The van der Waals surface area contributed by atoms with Gasteiger partial charge in [-0.15, -0.1) is 0 Å². The van der Waals surface area contributed by atoms with E-state index in [0.29, 0.717) is 17.1 Å². The molecule has 0 aliphatic carbocycles. The topological polar surface area (TPSA) is 88.0 Å². The lowest BCUT2D eigenvalue weighted by molar-refractivity contribution is 0.461. The molecule has 0 aliphatic rings. The molecule has 0 aliphatic heterocycles. The first-order chi connectivity index (χ1) is 10.9. The number of nitrogens with one attached hydrogen (secondary N) is 2. The summed E-state index contributed by atoms with van der Waals surface area (Å²) >= 11 is 0. The monoisotopic (exact) mass is 331 g/mol. The van der Waals surface area contributed by atoms with Crippen molar-refractivity contribution in [3.8, 4) is 11.5 Å². The Balaban J connectivity index is 1.89. The maximum atomic E-state index is 12.4. The molecule has 0 bridgehead atoms. The van der Waals surface area contributed by atoms with Crippen LogP contribution in [0.15, 0.2) is 45.9 Å². The van der Waals surface area contributed by atoms with E-state index in [4.69, 9.17) is 4.42 Å². The predicted molar refractivity (Wildman–Crippen MR) is 87.8 cm³/mol. The van der Waals surface area contributed by atoms with Gasteiger partial charge in [-0.1, -0.05) is 17.7 Å². The lowest BCUT2D eigenvalue weighted by atomic mass is 10.2. The van der Waals surface area contributed by atoms with Crippen molar-refractivity contribution in [1.82, 2.24) is 10.2 Å². The van der Waals surface area contributed by atoms with Crippen LogP contribution in [0.1, 0.15) is 16.8 Å². The van der Waals surface area contributed by atoms with Crippen molar-refractivity contribution in [3.63, 3.8) is 0 Å². The lowest BCUT2D eigenvalue weighted by Gasteiger charge is -2.05. The Bertz CT molecular complexity index is 937. The van der Waals surface area contributed by atoms with Crippen LogP contribution >= 0.6 is 0 Å². The number of sulfonamides is 1. The maximum Gasteiger partial charge on any atom is 0.295 e. The molecule has 0 unspecified atom stereocenters. The van der Waals surface area contributed by atoms with Crippen LogP contribution in [0.3, 0.4) is 0 Å². The molecule has 7 heteroatoms. The molecule has 0 saturated carbocycles. The number of anilines is 1. The van der Waals surface area contributed by atoms with Gasteiger partial charge in [0.1, 0.15) is 5.69 Å². The van der Waals surface area contributed by atoms with Crippen molar-refractivity contribution in [2.24, 2.45) is 0 Å². The lowest BCUT2D eigenvalue weighted by Crippen LogP contribution is -2.11. The predicted octanol–water partition coefficient (Wildman–Crippen LogP) is 3.40. The van der Waals surface area contributed by atoms with E-state index in [1.165, 1.54) is 6.07 Å². The van der Waals surface area contributed by atoms with Gasteiger partial charge in [-0.05, 0) is 45.0 Å². The van der Waals surface area contributed by atoms with E-state index >= 15 is 0 Å². The van der Waals surface area contributed by atoms with Crippen molar-refractivity contribution in [2.75, 3.05) is 4.72 Å². The smallest absolute Gasteiger partial charge is 0.295 e. The van der Waals surface area contributed by atoms with Crippen molar-refractivity contribution in [3.05, 3.63) is 53.2 Å². The molecule has 6 nitrogen and oxygen atoms in total. The van der Waals surface area contributed by atoms with E-state index in [1.807, 2.05) is 32.9 Å². The zero-order valence-corrected chi connectivity index (χ0v) is 13.9. The Labute approximate surface area is 134 Å². The summed E-state index contributed by atoms with van der Waals surface area (Å²) < 4.78 is 32.8. The fraction of sp³-hybridized carbons (Fsp3) is 0.188. The van der Waals surface area contributed by atoms with E-state index < -0.39 is 10.0 Å². The van der Waals surface area contributed by atoms with Gasteiger partial charge >= 0.3 is 0 Å². The minimum atomic E-state index is -3.77. The van der Waals surface area contributed by atoms with Gasteiger partial charge in [0, 0.05) is 16.9 Å². The van der Waals surface area contributed by atoms with E-state index in [2.05, 4.69) is 14.9 Å². The van der Waals surface area contributed by atoms with Gasteiger partial charge in [-0.25, -0.2) is 0 Å². The van der Waals surface area contributed by atoms with Crippen LogP contribution in [-0.4, -0.2) is 18.6 Å². The highest BCUT2D eigenvalue weighted by atomic mass is 32.2. The molecule has 0 radical (unpaired) electrons. The Hall–Kier alpha value is -2.54. The fourth-order valence-electron chi connectivity index (χ4n) is 2.14. The molecule has 0 fully saturated rings. The van der Waals surface area contributed by atoms with Crippen LogP contribution in [0.2, 0.25) is 0 Å². The number of H-pyrrole nitrogens is 1. The third kappa shape index (κ3) is 3.00. The van der Waals surface area contributed by atoms with Crippen LogP contribution in [0.25, 0.3) is 11.5 Å². The van der Waals surface area contributed by atoms with Crippen molar-refractivity contribution in [2.45, 2.75) is 25.9 Å². The average Bonchev–Trinajstić information content (AvgIpc) is 3.10. The van der Waals surface area contributed by atoms with Crippen molar-refractivity contribution < 1.29 is 12.8 Å². The number of hydrogen-bond acceptors (Lipinski definition) is 4. The zero-order valence-electron chi connectivity index (χ0n) is 13.0. The number of aromatic nitrogens is 2. The van der Waals surface area contributed by atoms with Gasteiger partial charge in [0.2, 0.25) is 5.09 Å². The number of aryl methyl sites for hydroxylation is 2. The second-order valence-corrected chi connectivity index (χ2v) is 7.03. The van der Waals surface area contributed by atoms with Gasteiger partial charge in [-0.2, -0.15) is 13.5 Å². The van der Waals surface area contributed by atoms with Crippen LogP contribution in [0.4, 0.5) is 5.69 Å². The highest BCUT2D eigenvalue weighted by Gasteiger charge is 2.21. The van der Waals surface area contributed by atoms with E-state index in [-0.39, 0.29) is 5.09 Å². The normalized spacial score (nSPS) is 11.6. The molecule has 0 saturated heterocycles. The standard InChI is InChI=1S/C16H17N3O3S/c1-10-4-6-13(7-5-10)19-23(20,21)15-9-8-14(22-15)16-11(2)12(3)17-18-16/h4-9,19H,1-3H3,(H,17,18). The Morgan fingerprint density at radius 2 is 1.74 bits per heavy atom. The number of benzene rings is 1. The molecular formula is C16H17N3O3S. The first kappa shape index (κ1) is 15.4. The zero-order chi connectivity index (χ0) is 16.6. The first-order valence-corrected chi connectivity index (χ1v) is 8.56. The van der Waals surface area contributed by atoms with Gasteiger partial charge in [0.15, 0.2) is 5.76 Å². The molecule has 23 heavy (non-hydrogen) atoms. The van der Waals surface area contributed by atoms with Gasteiger partial charge in [-0.3, -0.25) is 9.82 Å². The van der Waals surface area contributed by atoms with E-state index in [0.717, 1.165) is 16.8 Å². The van der Waals surface area contributed by atoms with Crippen LogP contribution in [0.5, 0.6) is 0 Å². The van der Waals surface area contributed by atoms with E-state index in [9.17, 15) is 8.42 Å². The second-order valence-electron chi connectivity index (χ2n) is 5.41. The summed E-state index contributed by atoms with van der Waals surface area (Å²) in [4.78, 5) is 0. The summed E-state index contributed by atoms with van der Waals surface area (Å²) in [5.74, 6) is 0.413. The first-order valence-electron chi connectivity index (χ1n) is 7.08. The maximum absolute atomic E-state index is 12.4. The van der Waals surface area contributed by atoms with E-state index in [1.54, 1.807) is 18.2 Å². The number of rotatable bonds is 4. The molecule has 2 heterocycles. The minimum absolute atomic E-state index is 0.145. The molecule has 0 spiro atoms. The summed E-state index contributed by atoms with van der Waals surface area (Å²) in [5.41, 5.74) is 3.99. The third-order valence-electron chi connectivity index (χ3n) is 3.64. The Morgan fingerprint density at radius 1 is 1.04 bits per heavy atom. The quantitative estimate of drug-likeness (QED) is 0.767. The highest BCUT2D eigenvalue weighted by molar-refractivity contribution is 7.92. The molecular weight excluding hydrogens is 314 g/mol. The van der Waals surface area contributed by atoms with Crippen LogP contribution in [0, 0.1) is 20.8 Å². The van der Waals surface area contributed by atoms with Gasteiger partial charge in [0.05, 0.1) is 0 Å². The molecule has 120 valence electrons. The van der Waals surface area contributed by atoms with Crippen molar-refractivity contribution >= 4 is 15.7 Å². The molecule has 2 N–H and O–H groups in total. The minimum Gasteiger partial charge on any atom is -0.441 e. The Kier molecular flexibility index (Phi) is 3.73. The molecule has 0 amide bonds. The van der Waals surface area contributed by atoms with Gasteiger partial charge < -0.3 is 4.42 Å².